The summed E-state index contributed by atoms with van der Waals surface area (Å²) in [4.78, 5) is 5.50. The van der Waals surface area contributed by atoms with Crippen molar-refractivity contribution in [2.75, 3.05) is 5.75 Å². The molecule has 2 rings (SSSR count). The predicted molar refractivity (Wildman–Crippen MR) is 76.7 cm³/mol. The molecule has 0 fully saturated rings. The number of hydrogen-bond acceptors (Lipinski definition) is 3. The van der Waals surface area contributed by atoms with Gasteiger partial charge in [-0.2, -0.15) is 0 Å². The van der Waals surface area contributed by atoms with Gasteiger partial charge >= 0.3 is 0 Å². The average molecular weight is 261 g/mol. The normalized spacial score (nSPS) is 12.6. The van der Waals surface area contributed by atoms with Gasteiger partial charge in [-0.25, -0.2) is 4.98 Å². The minimum Gasteiger partial charge on any atom is -0.334 e. The van der Waals surface area contributed by atoms with Gasteiger partial charge in [0.05, 0.1) is 0 Å². The van der Waals surface area contributed by atoms with Gasteiger partial charge in [-0.15, -0.1) is 11.8 Å². The first-order chi connectivity index (χ1) is 8.66. The van der Waals surface area contributed by atoms with Crippen molar-refractivity contribution in [1.82, 2.24) is 9.55 Å². The molecular formula is C14H19N3S. The van der Waals surface area contributed by atoms with Crippen LogP contribution >= 0.6 is 11.8 Å². The van der Waals surface area contributed by atoms with Crippen molar-refractivity contribution < 1.29 is 0 Å². The van der Waals surface area contributed by atoms with Crippen LogP contribution < -0.4 is 5.73 Å². The zero-order chi connectivity index (χ0) is 13.0. The second kappa shape index (κ2) is 6.07. The molecule has 0 bridgehead atoms. The molecule has 0 radical (unpaired) electrons. The van der Waals surface area contributed by atoms with E-state index in [1.54, 1.807) is 0 Å². The molecular weight excluding hydrogens is 242 g/mol. The van der Waals surface area contributed by atoms with Gasteiger partial charge in [-0.05, 0) is 31.5 Å². The second-order valence-electron chi connectivity index (χ2n) is 4.38. The number of aromatic nitrogens is 2. The number of nitrogens with two attached hydrogens (primary N) is 1. The molecule has 18 heavy (non-hydrogen) atoms. The van der Waals surface area contributed by atoms with Crippen LogP contribution in [0, 0.1) is 6.92 Å². The highest BCUT2D eigenvalue weighted by molar-refractivity contribution is 7.99. The Morgan fingerprint density at radius 3 is 2.94 bits per heavy atom. The van der Waals surface area contributed by atoms with Crippen LogP contribution in [0.3, 0.4) is 0 Å². The largest absolute Gasteiger partial charge is 0.334 e. The van der Waals surface area contributed by atoms with E-state index < -0.39 is 0 Å². The Morgan fingerprint density at radius 2 is 2.28 bits per heavy atom. The molecule has 2 aromatic rings. The van der Waals surface area contributed by atoms with Crippen LogP contribution in [0.4, 0.5) is 0 Å². The van der Waals surface area contributed by atoms with Crippen LogP contribution in [0.1, 0.15) is 24.4 Å². The summed E-state index contributed by atoms with van der Waals surface area (Å²) in [6.07, 6.45) is 3.87. The Kier molecular flexibility index (Phi) is 4.44. The van der Waals surface area contributed by atoms with Gasteiger partial charge < -0.3 is 10.3 Å². The molecule has 0 saturated heterocycles. The van der Waals surface area contributed by atoms with Crippen LogP contribution in [-0.4, -0.2) is 15.3 Å². The number of thioether (sulfide) groups is 1. The van der Waals surface area contributed by atoms with Crippen LogP contribution in [0.2, 0.25) is 0 Å². The molecule has 1 unspecified atom stereocenters. The van der Waals surface area contributed by atoms with Crippen molar-refractivity contribution in [1.29, 1.82) is 0 Å². The third kappa shape index (κ3) is 3.37. The molecule has 0 aliphatic heterocycles. The Hall–Kier alpha value is -1.26. The molecule has 96 valence electrons. The molecule has 1 heterocycles. The Balaban J connectivity index is 1.90. The van der Waals surface area contributed by atoms with Crippen LogP contribution in [0.25, 0.3) is 0 Å². The van der Waals surface area contributed by atoms with E-state index in [-0.39, 0.29) is 6.04 Å². The van der Waals surface area contributed by atoms with Gasteiger partial charge in [0.25, 0.3) is 0 Å². The maximum Gasteiger partial charge on any atom is 0.105 e. The highest BCUT2D eigenvalue weighted by Crippen LogP contribution is 2.21. The average Bonchev–Trinajstić information content (AvgIpc) is 2.76. The van der Waals surface area contributed by atoms with Crippen molar-refractivity contribution in [2.45, 2.75) is 31.3 Å². The molecule has 1 aromatic carbocycles. The quantitative estimate of drug-likeness (QED) is 0.841. The Morgan fingerprint density at radius 1 is 1.44 bits per heavy atom. The number of benzene rings is 1. The van der Waals surface area contributed by atoms with Crippen molar-refractivity contribution in [3.05, 3.63) is 48.0 Å². The fraction of sp³-hybridized carbons (Fsp3) is 0.357. The van der Waals surface area contributed by atoms with E-state index in [4.69, 9.17) is 5.73 Å². The molecule has 4 heteroatoms. The van der Waals surface area contributed by atoms with E-state index in [1.807, 2.05) is 38.0 Å². The highest BCUT2D eigenvalue weighted by atomic mass is 32.2. The van der Waals surface area contributed by atoms with Crippen molar-refractivity contribution in [3.63, 3.8) is 0 Å². The van der Waals surface area contributed by atoms with E-state index in [1.165, 1.54) is 10.5 Å². The number of aryl methyl sites for hydroxylation is 2. The van der Waals surface area contributed by atoms with E-state index in [0.717, 1.165) is 18.1 Å². The highest BCUT2D eigenvalue weighted by Gasteiger charge is 2.02. The lowest BCUT2D eigenvalue weighted by molar-refractivity contribution is 0.738. The molecule has 0 amide bonds. The molecule has 0 spiro atoms. The summed E-state index contributed by atoms with van der Waals surface area (Å²) < 4.78 is 2.17. The molecule has 1 atom stereocenters. The number of imidazole rings is 1. The third-order valence-corrected chi connectivity index (χ3v) is 3.88. The summed E-state index contributed by atoms with van der Waals surface area (Å²) in [6, 6.07) is 8.56. The molecule has 3 nitrogen and oxygen atoms in total. The van der Waals surface area contributed by atoms with E-state index in [2.05, 4.69) is 33.8 Å². The topological polar surface area (TPSA) is 43.8 Å². The molecule has 0 aliphatic carbocycles. The van der Waals surface area contributed by atoms with Crippen LogP contribution in [0.15, 0.2) is 41.6 Å². The molecule has 2 N–H and O–H groups in total. The zero-order valence-electron chi connectivity index (χ0n) is 10.8. The van der Waals surface area contributed by atoms with E-state index in [0.29, 0.717) is 0 Å². The predicted octanol–water partition coefficient (Wildman–Crippen LogP) is 3.00. The van der Waals surface area contributed by atoms with E-state index >= 15 is 0 Å². The Bertz CT molecular complexity index is 505. The third-order valence-electron chi connectivity index (χ3n) is 2.91. The van der Waals surface area contributed by atoms with Crippen molar-refractivity contribution >= 4 is 11.8 Å². The lowest BCUT2D eigenvalue weighted by Gasteiger charge is -2.08. The summed E-state index contributed by atoms with van der Waals surface area (Å²) in [5.41, 5.74) is 7.08. The van der Waals surface area contributed by atoms with Crippen LogP contribution in [-0.2, 0) is 6.54 Å². The summed E-state index contributed by atoms with van der Waals surface area (Å²) >= 11 is 1.85. The minimum absolute atomic E-state index is 0.0986. The SMILES string of the molecule is Cc1nccn1CCSc1cccc(C(C)N)c1. The molecule has 0 aliphatic rings. The molecule has 0 saturated carbocycles. The van der Waals surface area contributed by atoms with Crippen molar-refractivity contribution in [2.24, 2.45) is 5.73 Å². The van der Waals surface area contributed by atoms with Gasteiger partial charge in [-0.1, -0.05) is 12.1 Å². The summed E-state index contributed by atoms with van der Waals surface area (Å²) in [5, 5.41) is 0. The summed E-state index contributed by atoms with van der Waals surface area (Å²) in [7, 11) is 0. The first-order valence-electron chi connectivity index (χ1n) is 6.13. The maximum atomic E-state index is 5.89. The van der Waals surface area contributed by atoms with Crippen molar-refractivity contribution in [3.8, 4) is 0 Å². The van der Waals surface area contributed by atoms with Gasteiger partial charge in [0, 0.05) is 35.6 Å². The first-order valence-corrected chi connectivity index (χ1v) is 7.11. The summed E-state index contributed by atoms with van der Waals surface area (Å²) in [6.45, 7) is 5.03. The Labute approximate surface area is 112 Å². The second-order valence-corrected chi connectivity index (χ2v) is 5.55. The lowest BCUT2D eigenvalue weighted by Crippen LogP contribution is -2.04. The minimum atomic E-state index is 0.0986. The standard InChI is InChI=1S/C14H19N3S/c1-11(15)13-4-3-5-14(10-13)18-9-8-17-7-6-16-12(17)2/h3-7,10-11H,8-9,15H2,1-2H3. The molecule has 1 aromatic heterocycles. The maximum absolute atomic E-state index is 5.89. The first kappa shape index (κ1) is 13.2. The van der Waals surface area contributed by atoms with Gasteiger partial charge in [-0.3, -0.25) is 0 Å². The lowest BCUT2D eigenvalue weighted by atomic mass is 10.1. The monoisotopic (exact) mass is 261 g/mol. The number of nitrogens with zero attached hydrogens (tertiary/aromatic N) is 2. The van der Waals surface area contributed by atoms with E-state index in [9.17, 15) is 0 Å². The van der Waals surface area contributed by atoms with Gasteiger partial charge in [0.15, 0.2) is 0 Å². The zero-order valence-corrected chi connectivity index (χ0v) is 11.7. The van der Waals surface area contributed by atoms with Crippen LogP contribution in [0.5, 0.6) is 0 Å². The number of hydrogen-bond donors (Lipinski definition) is 1. The summed E-state index contributed by atoms with van der Waals surface area (Å²) in [5.74, 6) is 2.11. The fourth-order valence-electron chi connectivity index (χ4n) is 1.79. The number of rotatable bonds is 5. The van der Waals surface area contributed by atoms with Gasteiger partial charge in [0.1, 0.15) is 5.82 Å². The smallest absolute Gasteiger partial charge is 0.105 e. The van der Waals surface area contributed by atoms with Gasteiger partial charge in [0.2, 0.25) is 0 Å². The fourth-order valence-corrected chi connectivity index (χ4v) is 2.71.